The van der Waals surface area contributed by atoms with Gasteiger partial charge < -0.3 is 9.73 Å². The molecule has 5 rings (SSSR count). The average molecular weight is 433 g/mol. The smallest absolute Gasteiger partial charge is 0.306 e. The van der Waals surface area contributed by atoms with Crippen molar-refractivity contribution in [1.29, 1.82) is 0 Å². The van der Waals surface area contributed by atoms with E-state index >= 15 is 0 Å². The van der Waals surface area contributed by atoms with E-state index in [0.29, 0.717) is 23.4 Å². The lowest BCUT2D eigenvalue weighted by atomic mass is 10.1. The first kappa shape index (κ1) is 19.7. The molecule has 0 spiro atoms. The second-order valence-corrected chi connectivity index (χ2v) is 7.03. The lowest BCUT2D eigenvalue weighted by Crippen LogP contribution is -2.26. The number of hydrogen-bond acceptors (Lipinski definition) is 7. The van der Waals surface area contributed by atoms with E-state index in [1.54, 1.807) is 23.1 Å². The maximum Gasteiger partial charge on any atom is 0.306 e. The first-order chi connectivity index (χ1) is 15.6. The van der Waals surface area contributed by atoms with E-state index in [9.17, 15) is 8.78 Å². The number of oxazole rings is 1. The van der Waals surface area contributed by atoms with E-state index in [-0.39, 0.29) is 11.5 Å². The van der Waals surface area contributed by atoms with Crippen molar-refractivity contribution >= 4 is 16.9 Å². The molecule has 4 heterocycles. The van der Waals surface area contributed by atoms with Gasteiger partial charge >= 0.3 is 5.92 Å². The fourth-order valence-electron chi connectivity index (χ4n) is 3.35. The van der Waals surface area contributed by atoms with Gasteiger partial charge in [-0.1, -0.05) is 24.3 Å². The van der Waals surface area contributed by atoms with Gasteiger partial charge in [-0.25, -0.2) is 19.6 Å². The molecule has 32 heavy (non-hydrogen) atoms. The van der Waals surface area contributed by atoms with E-state index in [1.165, 1.54) is 30.9 Å². The zero-order valence-electron chi connectivity index (χ0n) is 16.7. The van der Waals surface area contributed by atoms with E-state index in [4.69, 9.17) is 4.42 Å². The summed E-state index contributed by atoms with van der Waals surface area (Å²) in [7, 11) is 0. The van der Waals surface area contributed by atoms with Crippen molar-refractivity contribution < 1.29 is 13.2 Å². The summed E-state index contributed by atoms with van der Waals surface area (Å²) in [6.07, 6.45) is 6.28. The second kappa shape index (κ2) is 8.14. The number of halogens is 2. The molecular weight excluding hydrogens is 416 g/mol. The SMILES string of the molecule is FC(F)(CNc1nccc2oc(Cc3ccccc3-n3cncn3)nc12)c1ccccn1. The second-order valence-electron chi connectivity index (χ2n) is 7.03. The van der Waals surface area contributed by atoms with Crippen molar-refractivity contribution in [3.63, 3.8) is 0 Å². The molecule has 0 amide bonds. The predicted molar refractivity (Wildman–Crippen MR) is 113 cm³/mol. The summed E-state index contributed by atoms with van der Waals surface area (Å²) in [5, 5.41) is 6.87. The first-order valence-corrected chi connectivity index (χ1v) is 9.81. The van der Waals surface area contributed by atoms with Gasteiger partial charge in [-0.3, -0.25) is 4.98 Å². The highest BCUT2D eigenvalue weighted by molar-refractivity contribution is 5.84. The molecule has 0 unspecified atom stereocenters. The Kier molecular flexibility index (Phi) is 5.02. The van der Waals surface area contributed by atoms with Crippen LogP contribution in [0.4, 0.5) is 14.6 Å². The number of fused-ring (bicyclic) bond motifs is 1. The number of aromatic nitrogens is 6. The van der Waals surface area contributed by atoms with Crippen molar-refractivity contribution in [2.75, 3.05) is 11.9 Å². The van der Waals surface area contributed by atoms with Gasteiger partial charge in [0.05, 0.1) is 18.7 Å². The van der Waals surface area contributed by atoms with Crippen LogP contribution in [0.25, 0.3) is 16.8 Å². The van der Waals surface area contributed by atoms with Gasteiger partial charge in [-0.15, -0.1) is 0 Å². The number of pyridine rings is 2. The van der Waals surface area contributed by atoms with Gasteiger partial charge in [-0.05, 0) is 23.8 Å². The molecule has 0 aliphatic heterocycles. The maximum atomic E-state index is 14.5. The molecule has 0 saturated heterocycles. The minimum Gasteiger partial charge on any atom is -0.440 e. The molecule has 10 heteroatoms. The van der Waals surface area contributed by atoms with Gasteiger partial charge in [-0.2, -0.15) is 13.9 Å². The van der Waals surface area contributed by atoms with Gasteiger partial charge in [0.2, 0.25) is 0 Å². The fourth-order valence-corrected chi connectivity index (χ4v) is 3.35. The summed E-state index contributed by atoms with van der Waals surface area (Å²) in [5.41, 5.74) is 2.30. The van der Waals surface area contributed by atoms with Crippen LogP contribution in [0, 0.1) is 0 Å². The number of nitrogens with zero attached hydrogens (tertiary/aromatic N) is 6. The Morgan fingerprint density at radius 3 is 2.69 bits per heavy atom. The Bertz CT molecular complexity index is 1340. The number of anilines is 1. The Hall–Kier alpha value is -4.21. The maximum absolute atomic E-state index is 14.5. The molecule has 1 N–H and O–H groups in total. The average Bonchev–Trinajstić information content (AvgIpc) is 3.49. The summed E-state index contributed by atoms with van der Waals surface area (Å²) in [5.74, 6) is -2.52. The third kappa shape index (κ3) is 3.89. The third-order valence-electron chi connectivity index (χ3n) is 4.87. The first-order valence-electron chi connectivity index (χ1n) is 9.81. The Labute approximate surface area is 181 Å². The van der Waals surface area contributed by atoms with Crippen LogP contribution < -0.4 is 5.32 Å². The number of nitrogens with one attached hydrogen (secondary N) is 1. The van der Waals surface area contributed by atoms with Crippen LogP contribution in [0.1, 0.15) is 17.1 Å². The van der Waals surface area contributed by atoms with Gasteiger partial charge in [0.25, 0.3) is 0 Å². The van der Waals surface area contributed by atoms with E-state index < -0.39 is 12.5 Å². The van der Waals surface area contributed by atoms with Crippen molar-refractivity contribution in [3.8, 4) is 5.69 Å². The van der Waals surface area contributed by atoms with Crippen LogP contribution in [0.3, 0.4) is 0 Å². The molecule has 0 aliphatic rings. The van der Waals surface area contributed by atoms with Crippen LogP contribution in [-0.2, 0) is 12.3 Å². The summed E-state index contributed by atoms with van der Waals surface area (Å²) < 4.78 is 36.5. The minimum atomic E-state index is -3.17. The van der Waals surface area contributed by atoms with Crippen molar-refractivity contribution in [2.45, 2.75) is 12.3 Å². The third-order valence-corrected chi connectivity index (χ3v) is 4.87. The topological polar surface area (TPSA) is 94.6 Å². The predicted octanol–water partition coefficient (Wildman–Crippen LogP) is 3.99. The lowest BCUT2D eigenvalue weighted by Gasteiger charge is -2.16. The number of benzene rings is 1. The zero-order chi connectivity index (χ0) is 22.0. The van der Waals surface area contributed by atoms with Gasteiger partial charge in [0.1, 0.15) is 18.3 Å². The summed E-state index contributed by atoms with van der Waals surface area (Å²) in [4.78, 5) is 16.4. The molecule has 0 saturated carbocycles. The summed E-state index contributed by atoms with van der Waals surface area (Å²) in [6, 6.07) is 13.7. The van der Waals surface area contributed by atoms with E-state index in [2.05, 4.69) is 30.4 Å². The van der Waals surface area contributed by atoms with Crippen LogP contribution in [0.2, 0.25) is 0 Å². The largest absolute Gasteiger partial charge is 0.440 e. The summed E-state index contributed by atoms with van der Waals surface area (Å²) in [6.45, 7) is -0.673. The molecule has 5 aromatic rings. The molecule has 0 bridgehead atoms. The highest BCUT2D eigenvalue weighted by atomic mass is 19.3. The zero-order valence-corrected chi connectivity index (χ0v) is 16.7. The molecule has 1 aromatic carbocycles. The minimum absolute atomic E-state index is 0.220. The Morgan fingerprint density at radius 1 is 1.00 bits per heavy atom. The van der Waals surface area contributed by atoms with Crippen LogP contribution in [0.5, 0.6) is 0 Å². The molecule has 0 radical (unpaired) electrons. The molecule has 0 aliphatic carbocycles. The quantitative estimate of drug-likeness (QED) is 0.415. The van der Waals surface area contributed by atoms with Crippen LogP contribution in [-0.4, -0.2) is 36.3 Å². The van der Waals surface area contributed by atoms with Crippen molar-refractivity contribution in [2.24, 2.45) is 0 Å². The Morgan fingerprint density at radius 2 is 1.88 bits per heavy atom. The molecular formula is C22H17F2N7O. The molecule has 4 aromatic heterocycles. The molecule has 160 valence electrons. The van der Waals surface area contributed by atoms with E-state index in [0.717, 1.165) is 11.3 Å². The number of alkyl halides is 2. The molecule has 0 atom stereocenters. The standard InChI is InChI=1S/C22H17F2N7O/c23-22(24,18-7-3-4-9-26-18)12-28-21-20-17(8-10-27-21)32-19(30-20)11-15-5-1-2-6-16(15)31-14-25-13-29-31/h1-10,13-14H,11-12H2,(H,27,28). The fraction of sp³-hybridized carbons (Fsp3) is 0.136. The summed E-state index contributed by atoms with van der Waals surface area (Å²) >= 11 is 0. The van der Waals surface area contributed by atoms with Crippen LogP contribution in [0.15, 0.2) is 78.0 Å². The lowest BCUT2D eigenvalue weighted by molar-refractivity contribution is 0.00594. The number of hydrogen-bond donors (Lipinski definition) is 1. The van der Waals surface area contributed by atoms with E-state index in [1.807, 2.05) is 24.3 Å². The van der Waals surface area contributed by atoms with Crippen molar-refractivity contribution in [3.05, 3.63) is 90.7 Å². The van der Waals surface area contributed by atoms with Crippen LogP contribution >= 0.6 is 0 Å². The Balaban J connectivity index is 1.40. The highest BCUT2D eigenvalue weighted by Crippen LogP contribution is 2.29. The number of rotatable bonds is 7. The van der Waals surface area contributed by atoms with Gasteiger partial charge in [0, 0.05) is 18.5 Å². The number of para-hydroxylation sites is 1. The van der Waals surface area contributed by atoms with Crippen molar-refractivity contribution in [1.82, 2.24) is 29.7 Å². The van der Waals surface area contributed by atoms with Gasteiger partial charge in [0.15, 0.2) is 22.8 Å². The molecule has 0 fully saturated rings. The highest BCUT2D eigenvalue weighted by Gasteiger charge is 2.33. The normalized spacial score (nSPS) is 11.7. The molecule has 8 nitrogen and oxygen atoms in total. The monoisotopic (exact) mass is 433 g/mol.